The molecule has 0 heterocycles. The number of likely N-dealkylation sites (N-methyl/N-ethyl adjacent to an activating group) is 1. The summed E-state index contributed by atoms with van der Waals surface area (Å²) in [6.07, 6.45) is 4.31. The van der Waals surface area contributed by atoms with E-state index in [0.717, 1.165) is 38.6 Å². The van der Waals surface area contributed by atoms with Gasteiger partial charge in [-0.1, -0.05) is 6.92 Å². The van der Waals surface area contributed by atoms with E-state index in [-0.39, 0.29) is 5.91 Å². The zero-order valence-electron chi connectivity index (χ0n) is 10.6. The molecule has 0 bridgehead atoms. The minimum Gasteiger partial charge on any atom is -0.359 e. The van der Waals surface area contributed by atoms with E-state index >= 15 is 0 Å². The molecule has 4 nitrogen and oxygen atoms in total. The second-order valence-electron chi connectivity index (χ2n) is 4.39. The van der Waals surface area contributed by atoms with Gasteiger partial charge in [0.1, 0.15) is 0 Å². The third-order valence-electron chi connectivity index (χ3n) is 3.08. The van der Waals surface area contributed by atoms with Gasteiger partial charge in [0, 0.05) is 32.6 Å². The Morgan fingerprint density at radius 3 is 2.69 bits per heavy atom. The molecule has 0 aromatic heterocycles. The average Bonchev–Trinajstić information content (AvgIpc) is 3.12. The zero-order chi connectivity index (χ0) is 11.8. The first-order valence-electron chi connectivity index (χ1n) is 6.43. The molecule has 94 valence electrons. The summed E-state index contributed by atoms with van der Waals surface area (Å²) in [5.41, 5.74) is 0. The quantitative estimate of drug-likeness (QED) is 0.567. The molecule has 1 aliphatic rings. The molecule has 4 heteroatoms. The normalized spacial score (nSPS) is 15.4. The van der Waals surface area contributed by atoms with Crippen LogP contribution in [0.1, 0.15) is 32.6 Å². The van der Waals surface area contributed by atoms with Gasteiger partial charge in [0.05, 0.1) is 0 Å². The molecule has 0 aromatic carbocycles. The first-order valence-corrected chi connectivity index (χ1v) is 6.43. The van der Waals surface area contributed by atoms with Crippen molar-refractivity contribution < 1.29 is 4.79 Å². The molecule has 0 saturated heterocycles. The highest BCUT2D eigenvalue weighted by Crippen LogP contribution is 2.25. The van der Waals surface area contributed by atoms with Crippen molar-refractivity contribution in [2.75, 3.05) is 33.2 Å². The predicted molar refractivity (Wildman–Crippen MR) is 66.4 cm³/mol. The van der Waals surface area contributed by atoms with Crippen LogP contribution in [0.4, 0.5) is 0 Å². The first kappa shape index (κ1) is 13.5. The van der Waals surface area contributed by atoms with Crippen molar-refractivity contribution in [1.82, 2.24) is 15.5 Å². The Labute approximate surface area is 98.8 Å². The maximum atomic E-state index is 10.9. The van der Waals surface area contributed by atoms with Gasteiger partial charge in [0.25, 0.3) is 0 Å². The molecule has 1 amide bonds. The van der Waals surface area contributed by atoms with E-state index in [0.29, 0.717) is 6.42 Å². The van der Waals surface area contributed by atoms with Crippen molar-refractivity contribution in [1.29, 1.82) is 0 Å². The average molecular weight is 227 g/mol. The van der Waals surface area contributed by atoms with Gasteiger partial charge in [0.2, 0.25) is 5.91 Å². The molecule has 0 unspecified atom stereocenters. The lowest BCUT2D eigenvalue weighted by Gasteiger charge is -2.19. The summed E-state index contributed by atoms with van der Waals surface area (Å²) in [4.78, 5) is 13.5. The highest BCUT2D eigenvalue weighted by Gasteiger charge is 2.26. The van der Waals surface area contributed by atoms with Gasteiger partial charge in [-0.15, -0.1) is 0 Å². The molecule has 1 rings (SSSR count). The lowest BCUT2D eigenvalue weighted by Crippen LogP contribution is -2.34. The van der Waals surface area contributed by atoms with E-state index in [9.17, 15) is 4.79 Å². The van der Waals surface area contributed by atoms with Crippen molar-refractivity contribution in [3.8, 4) is 0 Å². The SMILES string of the molecule is CCN(CCNCCCC(=O)NC)C1CC1. The summed E-state index contributed by atoms with van der Waals surface area (Å²) in [5, 5.41) is 6.02. The molecule has 1 aliphatic carbocycles. The summed E-state index contributed by atoms with van der Waals surface area (Å²) in [7, 11) is 1.69. The lowest BCUT2D eigenvalue weighted by molar-refractivity contribution is -0.120. The fourth-order valence-corrected chi connectivity index (χ4v) is 1.89. The van der Waals surface area contributed by atoms with Crippen molar-refractivity contribution in [2.24, 2.45) is 0 Å². The Hall–Kier alpha value is -0.610. The Morgan fingerprint density at radius 2 is 2.12 bits per heavy atom. The van der Waals surface area contributed by atoms with Gasteiger partial charge >= 0.3 is 0 Å². The minimum absolute atomic E-state index is 0.134. The number of hydrogen-bond donors (Lipinski definition) is 2. The van der Waals surface area contributed by atoms with E-state index in [2.05, 4.69) is 22.5 Å². The molecule has 1 fully saturated rings. The Morgan fingerprint density at radius 1 is 1.38 bits per heavy atom. The minimum atomic E-state index is 0.134. The number of rotatable bonds is 9. The van der Waals surface area contributed by atoms with Gasteiger partial charge in [0.15, 0.2) is 0 Å². The van der Waals surface area contributed by atoms with E-state index in [4.69, 9.17) is 0 Å². The van der Waals surface area contributed by atoms with Crippen LogP contribution in [-0.4, -0.2) is 50.1 Å². The maximum Gasteiger partial charge on any atom is 0.219 e. The van der Waals surface area contributed by atoms with Gasteiger partial charge < -0.3 is 10.6 Å². The molecule has 0 aliphatic heterocycles. The van der Waals surface area contributed by atoms with Crippen molar-refractivity contribution in [3.63, 3.8) is 0 Å². The highest BCUT2D eigenvalue weighted by atomic mass is 16.1. The Kier molecular flexibility index (Phi) is 6.42. The summed E-state index contributed by atoms with van der Waals surface area (Å²) in [6.45, 7) is 6.50. The van der Waals surface area contributed by atoms with Crippen molar-refractivity contribution >= 4 is 5.91 Å². The number of nitrogens with one attached hydrogen (secondary N) is 2. The molecule has 2 N–H and O–H groups in total. The fraction of sp³-hybridized carbons (Fsp3) is 0.917. The van der Waals surface area contributed by atoms with Crippen LogP contribution in [0.25, 0.3) is 0 Å². The molecule has 0 spiro atoms. The summed E-state index contributed by atoms with van der Waals surface area (Å²) in [6, 6.07) is 0.859. The number of carbonyl (C=O) groups is 1. The van der Waals surface area contributed by atoms with Crippen LogP contribution >= 0.6 is 0 Å². The second-order valence-corrected chi connectivity index (χ2v) is 4.39. The topological polar surface area (TPSA) is 44.4 Å². The number of nitrogens with zero attached hydrogens (tertiary/aromatic N) is 1. The largest absolute Gasteiger partial charge is 0.359 e. The number of carbonyl (C=O) groups excluding carboxylic acids is 1. The van der Waals surface area contributed by atoms with Crippen molar-refractivity contribution in [2.45, 2.75) is 38.6 Å². The number of hydrogen-bond acceptors (Lipinski definition) is 3. The Balaban J connectivity index is 1.89. The molecule has 0 aromatic rings. The number of amides is 1. The summed E-state index contributed by atoms with van der Waals surface area (Å²) in [5.74, 6) is 0.134. The van der Waals surface area contributed by atoms with E-state index in [1.54, 1.807) is 7.05 Å². The monoisotopic (exact) mass is 227 g/mol. The molecule has 1 saturated carbocycles. The molecular formula is C12H25N3O. The van der Waals surface area contributed by atoms with Gasteiger partial charge in [-0.05, 0) is 32.4 Å². The molecule has 0 atom stereocenters. The lowest BCUT2D eigenvalue weighted by atomic mass is 10.3. The third-order valence-corrected chi connectivity index (χ3v) is 3.08. The molecule has 16 heavy (non-hydrogen) atoms. The Bertz CT molecular complexity index is 204. The standard InChI is InChI=1S/C12H25N3O/c1-3-15(11-6-7-11)10-9-14-8-4-5-12(16)13-2/h11,14H,3-10H2,1-2H3,(H,13,16). The van der Waals surface area contributed by atoms with Crippen LogP contribution in [-0.2, 0) is 4.79 Å². The van der Waals surface area contributed by atoms with Gasteiger partial charge in [-0.3, -0.25) is 9.69 Å². The first-order chi connectivity index (χ1) is 7.77. The van der Waals surface area contributed by atoms with Crippen LogP contribution in [0.2, 0.25) is 0 Å². The van der Waals surface area contributed by atoms with Crippen LogP contribution in [0.5, 0.6) is 0 Å². The third kappa shape index (κ3) is 5.47. The van der Waals surface area contributed by atoms with Gasteiger partial charge in [-0.25, -0.2) is 0 Å². The van der Waals surface area contributed by atoms with Crippen LogP contribution in [0.15, 0.2) is 0 Å². The predicted octanol–water partition coefficient (Wildman–Crippen LogP) is 0.587. The van der Waals surface area contributed by atoms with E-state index < -0.39 is 0 Å². The van der Waals surface area contributed by atoms with Crippen LogP contribution in [0, 0.1) is 0 Å². The smallest absolute Gasteiger partial charge is 0.219 e. The van der Waals surface area contributed by atoms with Crippen LogP contribution < -0.4 is 10.6 Å². The fourth-order valence-electron chi connectivity index (χ4n) is 1.89. The van der Waals surface area contributed by atoms with Gasteiger partial charge in [-0.2, -0.15) is 0 Å². The van der Waals surface area contributed by atoms with E-state index in [1.807, 2.05) is 0 Å². The second kappa shape index (κ2) is 7.63. The molecular weight excluding hydrogens is 202 g/mol. The maximum absolute atomic E-state index is 10.9. The van der Waals surface area contributed by atoms with Crippen LogP contribution in [0.3, 0.4) is 0 Å². The molecule has 0 radical (unpaired) electrons. The summed E-state index contributed by atoms with van der Waals surface area (Å²) < 4.78 is 0. The highest BCUT2D eigenvalue weighted by molar-refractivity contribution is 5.75. The summed E-state index contributed by atoms with van der Waals surface area (Å²) >= 11 is 0. The van der Waals surface area contributed by atoms with Crippen molar-refractivity contribution in [3.05, 3.63) is 0 Å². The van der Waals surface area contributed by atoms with E-state index in [1.165, 1.54) is 12.8 Å². The zero-order valence-corrected chi connectivity index (χ0v) is 10.6.